The Kier molecular flexibility index (Phi) is 3.34. The maximum atomic E-state index is 5.66. The maximum absolute atomic E-state index is 5.66. The summed E-state index contributed by atoms with van der Waals surface area (Å²) in [7, 11) is 0. The third kappa shape index (κ3) is 2.76. The molecule has 2 rings (SSSR count). The predicted molar refractivity (Wildman–Crippen MR) is 69.4 cm³/mol. The van der Waals surface area contributed by atoms with Gasteiger partial charge in [0.1, 0.15) is 0 Å². The second-order valence-corrected chi connectivity index (χ2v) is 5.95. The summed E-state index contributed by atoms with van der Waals surface area (Å²) in [5, 5.41) is 2.59. The van der Waals surface area contributed by atoms with E-state index in [2.05, 4.69) is 36.6 Å². The smallest absolute Gasteiger partial charge is 0.0604 e. The second-order valence-electron chi connectivity index (χ2n) is 3.36. The fourth-order valence-electron chi connectivity index (χ4n) is 1.34. The van der Waals surface area contributed by atoms with Crippen LogP contribution in [0.25, 0.3) is 0 Å². The predicted octanol–water partition coefficient (Wildman–Crippen LogP) is 4.18. The van der Waals surface area contributed by atoms with Crippen LogP contribution in [0, 0.1) is 0 Å². The Hall–Kier alpha value is -0.930. The summed E-state index contributed by atoms with van der Waals surface area (Å²) < 4.78 is 1.36. The molecule has 78 valence electrons. The topological polar surface area (TPSA) is 26.0 Å². The van der Waals surface area contributed by atoms with E-state index in [1.165, 1.54) is 9.77 Å². The lowest BCUT2D eigenvalue weighted by Gasteiger charge is -2.10. The van der Waals surface area contributed by atoms with Crippen molar-refractivity contribution in [3.63, 3.8) is 0 Å². The van der Waals surface area contributed by atoms with E-state index in [0.29, 0.717) is 5.25 Å². The molecule has 0 fully saturated rings. The average molecular weight is 235 g/mol. The maximum Gasteiger partial charge on any atom is 0.0604 e. The highest BCUT2D eigenvalue weighted by atomic mass is 32.2. The summed E-state index contributed by atoms with van der Waals surface area (Å²) in [5.74, 6) is 0. The molecular weight excluding hydrogens is 222 g/mol. The van der Waals surface area contributed by atoms with E-state index in [9.17, 15) is 0 Å². The minimum atomic E-state index is 0.476. The fraction of sp³-hybridized carbons (Fsp3) is 0.167. The lowest BCUT2D eigenvalue weighted by molar-refractivity contribution is 1.10. The molecule has 0 amide bonds. The van der Waals surface area contributed by atoms with Gasteiger partial charge in [-0.25, -0.2) is 0 Å². The molecule has 0 aliphatic heterocycles. The first-order chi connectivity index (χ1) is 7.25. The van der Waals surface area contributed by atoms with E-state index in [0.717, 1.165) is 5.69 Å². The van der Waals surface area contributed by atoms with Crippen molar-refractivity contribution in [2.75, 3.05) is 5.73 Å². The van der Waals surface area contributed by atoms with Gasteiger partial charge in [-0.2, -0.15) is 0 Å². The monoisotopic (exact) mass is 235 g/mol. The van der Waals surface area contributed by atoms with Gasteiger partial charge in [-0.15, -0.1) is 23.1 Å². The summed E-state index contributed by atoms with van der Waals surface area (Å²) in [6, 6.07) is 12.4. The zero-order chi connectivity index (χ0) is 10.7. The summed E-state index contributed by atoms with van der Waals surface area (Å²) in [6.07, 6.45) is 0. The molecular formula is C12H13NS2. The van der Waals surface area contributed by atoms with E-state index in [1.54, 1.807) is 11.3 Å². The molecule has 0 bridgehead atoms. The van der Waals surface area contributed by atoms with Gasteiger partial charge in [-0.05, 0) is 36.1 Å². The number of anilines is 1. The van der Waals surface area contributed by atoms with Crippen molar-refractivity contribution in [2.24, 2.45) is 0 Å². The van der Waals surface area contributed by atoms with Crippen LogP contribution < -0.4 is 5.73 Å². The molecule has 1 aromatic heterocycles. The van der Waals surface area contributed by atoms with E-state index in [4.69, 9.17) is 5.73 Å². The highest BCUT2D eigenvalue weighted by Gasteiger charge is 2.07. The van der Waals surface area contributed by atoms with Crippen molar-refractivity contribution in [3.05, 3.63) is 47.3 Å². The first-order valence-corrected chi connectivity index (χ1v) is 6.57. The van der Waals surface area contributed by atoms with Crippen molar-refractivity contribution in [3.8, 4) is 0 Å². The van der Waals surface area contributed by atoms with Gasteiger partial charge < -0.3 is 5.73 Å². The number of nitrogen functional groups attached to an aromatic ring is 1. The lowest BCUT2D eigenvalue weighted by Crippen LogP contribution is -1.89. The Labute approximate surface area is 98.3 Å². The van der Waals surface area contributed by atoms with E-state index in [1.807, 2.05) is 23.9 Å². The lowest BCUT2D eigenvalue weighted by atomic mass is 10.1. The molecule has 0 aliphatic carbocycles. The second kappa shape index (κ2) is 4.73. The van der Waals surface area contributed by atoms with Gasteiger partial charge in [-0.1, -0.05) is 18.2 Å². The van der Waals surface area contributed by atoms with Crippen LogP contribution in [0.1, 0.15) is 17.7 Å². The molecule has 2 N–H and O–H groups in total. The van der Waals surface area contributed by atoms with Crippen LogP contribution in [0.3, 0.4) is 0 Å². The van der Waals surface area contributed by atoms with Crippen molar-refractivity contribution in [2.45, 2.75) is 16.4 Å². The summed E-state index contributed by atoms with van der Waals surface area (Å²) >= 11 is 3.67. The number of benzene rings is 1. The van der Waals surface area contributed by atoms with Crippen LogP contribution in [-0.4, -0.2) is 0 Å². The molecule has 15 heavy (non-hydrogen) atoms. The van der Waals surface area contributed by atoms with Crippen LogP contribution in [0.2, 0.25) is 0 Å². The molecule has 2 aromatic rings. The Morgan fingerprint density at radius 2 is 1.93 bits per heavy atom. The quantitative estimate of drug-likeness (QED) is 0.638. The summed E-state index contributed by atoms with van der Waals surface area (Å²) in [5.41, 5.74) is 7.81. The number of hydrogen-bond acceptors (Lipinski definition) is 3. The molecule has 0 saturated carbocycles. The van der Waals surface area contributed by atoms with Crippen LogP contribution in [0.15, 0.2) is 46.0 Å². The minimum absolute atomic E-state index is 0.476. The molecule has 0 spiro atoms. The van der Waals surface area contributed by atoms with Crippen LogP contribution in [0.5, 0.6) is 0 Å². The summed E-state index contributed by atoms with van der Waals surface area (Å²) in [6.45, 7) is 2.22. The Morgan fingerprint density at radius 1 is 1.20 bits per heavy atom. The van der Waals surface area contributed by atoms with Crippen LogP contribution >= 0.6 is 23.1 Å². The highest BCUT2D eigenvalue weighted by Crippen LogP contribution is 2.37. The first-order valence-electron chi connectivity index (χ1n) is 4.81. The van der Waals surface area contributed by atoms with E-state index >= 15 is 0 Å². The van der Waals surface area contributed by atoms with E-state index in [-0.39, 0.29) is 0 Å². The third-order valence-corrected chi connectivity index (χ3v) is 4.43. The molecule has 1 atom stereocenters. The standard InChI is InChI=1S/C12H13NS2/c1-9(15-12-3-2-8-14-12)10-4-6-11(13)7-5-10/h2-9H,13H2,1H3. The van der Waals surface area contributed by atoms with Gasteiger partial charge in [0.25, 0.3) is 0 Å². The number of thiophene rings is 1. The van der Waals surface area contributed by atoms with Gasteiger partial charge in [0.15, 0.2) is 0 Å². The number of rotatable bonds is 3. The summed E-state index contributed by atoms with van der Waals surface area (Å²) in [4.78, 5) is 0. The van der Waals surface area contributed by atoms with Gasteiger partial charge in [0, 0.05) is 10.9 Å². The zero-order valence-corrected chi connectivity index (χ0v) is 10.1. The van der Waals surface area contributed by atoms with Gasteiger partial charge in [0.05, 0.1) is 4.21 Å². The molecule has 1 heterocycles. The van der Waals surface area contributed by atoms with Crippen LogP contribution in [0.4, 0.5) is 5.69 Å². The fourth-order valence-corrected chi connectivity index (χ4v) is 3.41. The molecule has 3 heteroatoms. The number of nitrogens with two attached hydrogens (primary N) is 1. The third-order valence-electron chi connectivity index (χ3n) is 2.19. The average Bonchev–Trinajstić information content (AvgIpc) is 2.71. The Bertz CT molecular complexity index is 406. The van der Waals surface area contributed by atoms with Crippen molar-refractivity contribution < 1.29 is 0 Å². The van der Waals surface area contributed by atoms with Crippen molar-refractivity contribution >= 4 is 28.8 Å². The van der Waals surface area contributed by atoms with Gasteiger partial charge >= 0.3 is 0 Å². The number of thioether (sulfide) groups is 1. The SMILES string of the molecule is CC(Sc1cccs1)c1ccc(N)cc1. The molecule has 1 aromatic carbocycles. The largest absolute Gasteiger partial charge is 0.399 e. The van der Waals surface area contributed by atoms with Gasteiger partial charge in [0.2, 0.25) is 0 Å². The Morgan fingerprint density at radius 3 is 2.53 bits per heavy atom. The minimum Gasteiger partial charge on any atom is -0.399 e. The molecule has 1 unspecified atom stereocenters. The normalized spacial score (nSPS) is 12.6. The van der Waals surface area contributed by atoms with Gasteiger partial charge in [-0.3, -0.25) is 0 Å². The highest BCUT2D eigenvalue weighted by molar-refractivity contribution is 8.01. The van der Waals surface area contributed by atoms with Crippen molar-refractivity contribution in [1.29, 1.82) is 0 Å². The molecule has 1 nitrogen and oxygen atoms in total. The molecule has 0 aliphatic rings. The first kappa shape index (κ1) is 10.6. The number of hydrogen-bond donors (Lipinski definition) is 1. The van der Waals surface area contributed by atoms with Crippen LogP contribution in [-0.2, 0) is 0 Å². The molecule has 0 radical (unpaired) electrons. The zero-order valence-electron chi connectivity index (χ0n) is 8.51. The Balaban J connectivity index is 2.08. The van der Waals surface area contributed by atoms with Crippen molar-refractivity contribution in [1.82, 2.24) is 0 Å². The van der Waals surface area contributed by atoms with E-state index < -0.39 is 0 Å². The molecule has 0 saturated heterocycles.